The summed E-state index contributed by atoms with van der Waals surface area (Å²) in [5, 5.41) is 3.36. The Balaban J connectivity index is 0.00000261. The van der Waals surface area contributed by atoms with Gasteiger partial charge in [0, 0.05) is 45.5 Å². The maximum Gasteiger partial charge on any atom is 0.193 e. The Morgan fingerprint density at radius 2 is 1.81 bits per heavy atom. The van der Waals surface area contributed by atoms with Gasteiger partial charge < -0.3 is 15.1 Å². The number of aliphatic imine (C=N–C) groups is 1. The predicted octanol–water partition coefficient (Wildman–Crippen LogP) is 2.27. The zero-order valence-electron chi connectivity index (χ0n) is 16.2. The minimum Gasteiger partial charge on any atom is -0.364 e. The number of nitrogens with zero attached hydrogens (tertiary/aromatic N) is 3. The van der Waals surface area contributed by atoms with Crippen LogP contribution in [0, 0.1) is 0 Å². The van der Waals surface area contributed by atoms with Crippen molar-refractivity contribution in [2.75, 3.05) is 43.9 Å². The SMILES string of the molecule is CN=C(NCc1ccc(N2CC=CC2)cc1)N1CCS(=O)(=O)C(C)(C)C1.I. The molecule has 3 rings (SSSR count). The predicted molar refractivity (Wildman–Crippen MR) is 123 cm³/mol. The first-order valence-corrected chi connectivity index (χ1v) is 10.6. The topological polar surface area (TPSA) is 65.0 Å². The maximum absolute atomic E-state index is 12.2. The number of hydrogen-bond donors (Lipinski definition) is 1. The van der Waals surface area contributed by atoms with Crippen molar-refractivity contribution in [1.29, 1.82) is 0 Å². The highest BCUT2D eigenvalue weighted by Gasteiger charge is 2.40. The molecule has 0 saturated carbocycles. The Labute approximate surface area is 179 Å². The van der Waals surface area contributed by atoms with Gasteiger partial charge in [0.15, 0.2) is 15.8 Å². The monoisotopic (exact) mass is 504 g/mol. The molecule has 1 aromatic rings. The zero-order chi connectivity index (χ0) is 18.8. The minimum atomic E-state index is -3.05. The van der Waals surface area contributed by atoms with Crippen LogP contribution in [0.15, 0.2) is 41.4 Å². The summed E-state index contributed by atoms with van der Waals surface area (Å²) in [4.78, 5) is 8.69. The number of hydrogen-bond acceptors (Lipinski definition) is 4. The third-order valence-electron chi connectivity index (χ3n) is 5.13. The molecule has 0 radical (unpaired) electrons. The fraction of sp³-hybridized carbons (Fsp3) is 0.526. The molecule has 1 N–H and O–H groups in total. The van der Waals surface area contributed by atoms with E-state index in [1.165, 1.54) is 11.3 Å². The summed E-state index contributed by atoms with van der Waals surface area (Å²) in [6.07, 6.45) is 4.36. The number of benzene rings is 1. The molecule has 1 saturated heterocycles. The van der Waals surface area contributed by atoms with E-state index in [4.69, 9.17) is 0 Å². The van der Waals surface area contributed by atoms with Gasteiger partial charge in [-0.05, 0) is 31.5 Å². The lowest BCUT2D eigenvalue weighted by molar-refractivity contribution is 0.353. The quantitative estimate of drug-likeness (QED) is 0.296. The Bertz CT molecular complexity index is 796. The van der Waals surface area contributed by atoms with Crippen molar-refractivity contribution in [3.05, 3.63) is 42.0 Å². The van der Waals surface area contributed by atoms with Crippen LogP contribution in [0.2, 0.25) is 0 Å². The number of halogens is 1. The molecule has 1 aromatic carbocycles. The average molecular weight is 504 g/mol. The van der Waals surface area contributed by atoms with E-state index in [1.807, 2.05) is 4.90 Å². The van der Waals surface area contributed by atoms with Crippen molar-refractivity contribution in [3.8, 4) is 0 Å². The van der Waals surface area contributed by atoms with Crippen LogP contribution in [0.5, 0.6) is 0 Å². The second-order valence-electron chi connectivity index (χ2n) is 7.44. The highest BCUT2D eigenvalue weighted by atomic mass is 127. The summed E-state index contributed by atoms with van der Waals surface area (Å²) in [7, 11) is -1.31. The van der Waals surface area contributed by atoms with Crippen LogP contribution in [-0.4, -0.2) is 63.0 Å². The average Bonchev–Trinajstić information content (AvgIpc) is 3.13. The van der Waals surface area contributed by atoms with Gasteiger partial charge in [0.2, 0.25) is 0 Å². The number of sulfone groups is 1. The normalized spacial score (nSPS) is 21.1. The molecule has 0 bridgehead atoms. The van der Waals surface area contributed by atoms with Gasteiger partial charge in [-0.15, -0.1) is 24.0 Å². The van der Waals surface area contributed by atoms with E-state index in [0.717, 1.165) is 19.0 Å². The Hall–Kier alpha value is -1.29. The zero-order valence-corrected chi connectivity index (χ0v) is 19.3. The van der Waals surface area contributed by atoms with Crippen molar-refractivity contribution < 1.29 is 8.42 Å². The standard InChI is InChI=1S/C19H28N4O2S.HI/c1-19(2)15-23(12-13-26(19,24)25)18(20-3)21-14-16-6-8-17(9-7-16)22-10-4-5-11-22;/h4-9H,10-15H2,1-3H3,(H,20,21);1H. The van der Waals surface area contributed by atoms with E-state index in [2.05, 4.69) is 51.6 Å². The van der Waals surface area contributed by atoms with Gasteiger partial charge >= 0.3 is 0 Å². The van der Waals surface area contributed by atoms with Crippen molar-refractivity contribution in [2.45, 2.75) is 25.1 Å². The summed E-state index contributed by atoms with van der Waals surface area (Å²) in [6.45, 7) is 7.11. The summed E-state index contributed by atoms with van der Waals surface area (Å²) >= 11 is 0. The number of guanidine groups is 1. The number of nitrogens with one attached hydrogen (secondary N) is 1. The molecule has 0 amide bonds. The van der Waals surface area contributed by atoms with E-state index >= 15 is 0 Å². The molecule has 2 aliphatic rings. The van der Waals surface area contributed by atoms with Gasteiger partial charge in [-0.3, -0.25) is 4.99 Å². The van der Waals surface area contributed by atoms with Crippen LogP contribution in [0.1, 0.15) is 19.4 Å². The molecule has 2 aliphatic heterocycles. The van der Waals surface area contributed by atoms with Crippen molar-refractivity contribution in [3.63, 3.8) is 0 Å². The van der Waals surface area contributed by atoms with E-state index in [-0.39, 0.29) is 29.7 Å². The van der Waals surface area contributed by atoms with Gasteiger partial charge in [-0.2, -0.15) is 0 Å². The summed E-state index contributed by atoms with van der Waals surface area (Å²) < 4.78 is 23.6. The van der Waals surface area contributed by atoms with E-state index in [9.17, 15) is 8.42 Å². The van der Waals surface area contributed by atoms with Crippen LogP contribution in [0.3, 0.4) is 0 Å². The van der Waals surface area contributed by atoms with Crippen LogP contribution >= 0.6 is 24.0 Å². The molecular formula is C19H29IN4O2S. The molecule has 2 heterocycles. The molecule has 150 valence electrons. The first-order chi connectivity index (χ1) is 12.3. The van der Waals surface area contributed by atoms with Gasteiger partial charge in [0.25, 0.3) is 0 Å². The molecule has 0 spiro atoms. The van der Waals surface area contributed by atoms with E-state index in [0.29, 0.717) is 19.6 Å². The lowest BCUT2D eigenvalue weighted by Crippen LogP contribution is -2.57. The van der Waals surface area contributed by atoms with Crippen LogP contribution in [0.25, 0.3) is 0 Å². The van der Waals surface area contributed by atoms with Crippen molar-refractivity contribution >= 4 is 45.5 Å². The minimum absolute atomic E-state index is 0. The molecular weight excluding hydrogens is 475 g/mol. The number of rotatable bonds is 3. The fourth-order valence-corrected chi connectivity index (χ4v) is 4.72. The third-order valence-corrected chi connectivity index (χ3v) is 7.66. The van der Waals surface area contributed by atoms with Crippen LogP contribution < -0.4 is 10.2 Å². The van der Waals surface area contributed by atoms with Crippen LogP contribution in [-0.2, 0) is 16.4 Å². The van der Waals surface area contributed by atoms with Gasteiger partial charge in [0.05, 0.1) is 10.5 Å². The first-order valence-electron chi connectivity index (χ1n) is 8.99. The lowest BCUT2D eigenvalue weighted by Gasteiger charge is -2.39. The van der Waals surface area contributed by atoms with Crippen molar-refractivity contribution in [2.24, 2.45) is 4.99 Å². The van der Waals surface area contributed by atoms with E-state index in [1.54, 1.807) is 20.9 Å². The molecule has 8 heteroatoms. The highest BCUT2D eigenvalue weighted by Crippen LogP contribution is 2.24. The molecule has 1 fully saturated rings. The van der Waals surface area contributed by atoms with Crippen LogP contribution in [0.4, 0.5) is 5.69 Å². The molecule has 0 aromatic heterocycles. The van der Waals surface area contributed by atoms with E-state index < -0.39 is 14.6 Å². The Morgan fingerprint density at radius 1 is 1.19 bits per heavy atom. The first kappa shape index (κ1) is 22.0. The van der Waals surface area contributed by atoms with Gasteiger partial charge in [0.1, 0.15) is 0 Å². The summed E-state index contributed by atoms with van der Waals surface area (Å²) in [6, 6.07) is 8.53. The molecule has 27 heavy (non-hydrogen) atoms. The van der Waals surface area contributed by atoms with Gasteiger partial charge in [-0.1, -0.05) is 24.3 Å². The molecule has 0 unspecified atom stereocenters. The second kappa shape index (κ2) is 8.81. The maximum atomic E-state index is 12.2. The lowest BCUT2D eigenvalue weighted by atomic mass is 10.2. The smallest absolute Gasteiger partial charge is 0.193 e. The number of anilines is 1. The van der Waals surface area contributed by atoms with Crippen molar-refractivity contribution in [1.82, 2.24) is 10.2 Å². The molecule has 0 atom stereocenters. The largest absolute Gasteiger partial charge is 0.364 e. The fourth-order valence-electron chi connectivity index (χ4n) is 3.35. The third kappa shape index (κ3) is 4.96. The summed E-state index contributed by atoms with van der Waals surface area (Å²) in [5.74, 6) is 0.917. The summed E-state index contributed by atoms with van der Waals surface area (Å²) in [5.41, 5.74) is 2.40. The molecule has 6 nitrogen and oxygen atoms in total. The molecule has 0 aliphatic carbocycles. The Kier molecular flexibility index (Phi) is 7.18. The second-order valence-corrected chi connectivity index (χ2v) is 10.2. The highest BCUT2D eigenvalue weighted by molar-refractivity contribution is 14.0. The van der Waals surface area contributed by atoms with Gasteiger partial charge in [-0.25, -0.2) is 8.42 Å². The Morgan fingerprint density at radius 3 is 2.37 bits per heavy atom.